The molecule has 2 rings (SSSR count). The van der Waals surface area contributed by atoms with Gasteiger partial charge in [-0.05, 0) is 18.1 Å². The Hall–Kier alpha value is -1.30. The highest BCUT2D eigenvalue weighted by Gasteiger charge is 2.36. The summed E-state index contributed by atoms with van der Waals surface area (Å²) in [6.07, 6.45) is 5.03. The van der Waals surface area contributed by atoms with Crippen molar-refractivity contribution < 1.29 is 9.90 Å². The van der Waals surface area contributed by atoms with E-state index in [-0.39, 0.29) is 12.2 Å². The summed E-state index contributed by atoms with van der Waals surface area (Å²) in [7, 11) is 0. The van der Waals surface area contributed by atoms with E-state index in [2.05, 4.69) is 5.92 Å². The van der Waals surface area contributed by atoms with Crippen LogP contribution in [0.4, 0.5) is 0 Å². The van der Waals surface area contributed by atoms with Gasteiger partial charge in [-0.3, -0.25) is 4.79 Å². The topological polar surface area (TPSA) is 37.3 Å². The molecule has 0 bridgehead atoms. The second-order valence-corrected chi connectivity index (χ2v) is 4.32. The normalized spacial score (nSPS) is 20.3. The lowest BCUT2D eigenvalue weighted by molar-refractivity contribution is 0.0725. The van der Waals surface area contributed by atoms with Crippen LogP contribution in [-0.4, -0.2) is 17.0 Å². The fourth-order valence-corrected chi connectivity index (χ4v) is 2.33. The van der Waals surface area contributed by atoms with Crippen LogP contribution in [0.2, 0.25) is 5.02 Å². The van der Waals surface area contributed by atoms with Crippen molar-refractivity contribution in [2.24, 2.45) is 5.92 Å². The predicted molar refractivity (Wildman–Crippen MR) is 62.4 cm³/mol. The Morgan fingerprint density at radius 1 is 1.62 bits per heavy atom. The number of terminal acetylenes is 1. The van der Waals surface area contributed by atoms with E-state index in [0.29, 0.717) is 17.0 Å². The number of halogens is 1. The van der Waals surface area contributed by atoms with E-state index in [4.69, 9.17) is 18.0 Å². The molecule has 0 amide bonds. The number of carbonyl (C=O) groups excluding carboxylic acids is 1. The molecule has 1 aromatic rings. The van der Waals surface area contributed by atoms with Gasteiger partial charge in [-0.2, -0.15) is 0 Å². The molecule has 82 valence electrons. The molecule has 2 atom stereocenters. The Kier molecular flexibility index (Phi) is 3.00. The first-order valence-electron chi connectivity index (χ1n) is 5.08. The zero-order valence-corrected chi connectivity index (χ0v) is 9.37. The van der Waals surface area contributed by atoms with Crippen LogP contribution in [0.15, 0.2) is 18.2 Å². The first-order chi connectivity index (χ1) is 7.65. The Labute approximate surface area is 99.2 Å². The molecule has 3 heteroatoms. The van der Waals surface area contributed by atoms with Crippen LogP contribution >= 0.6 is 11.6 Å². The molecule has 2 unspecified atom stereocenters. The molecular formula is C13H11ClO2. The molecule has 0 fully saturated rings. The molecule has 1 N–H and O–H groups in total. The van der Waals surface area contributed by atoms with Crippen molar-refractivity contribution in [2.45, 2.75) is 18.9 Å². The van der Waals surface area contributed by atoms with Crippen LogP contribution in [0.3, 0.4) is 0 Å². The number of hydrogen-bond donors (Lipinski definition) is 1. The van der Waals surface area contributed by atoms with E-state index in [1.807, 2.05) is 0 Å². The molecule has 0 saturated carbocycles. The fraction of sp³-hybridized carbons (Fsp3) is 0.308. The summed E-state index contributed by atoms with van der Waals surface area (Å²) >= 11 is 6.01. The van der Waals surface area contributed by atoms with E-state index in [9.17, 15) is 9.90 Å². The van der Waals surface area contributed by atoms with Gasteiger partial charge in [0.2, 0.25) is 0 Å². The second-order valence-electron chi connectivity index (χ2n) is 3.92. The van der Waals surface area contributed by atoms with Crippen molar-refractivity contribution in [2.75, 3.05) is 0 Å². The van der Waals surface area contributed by atoms with E-state index in [1.165, 1.54) is 0 Å². The maximum absolute atomic E-state index is 12.0. The molecule has 1 aromatic carbocycles. The third-order valence-electron chi connectivity index (χ3n) is 2.94. The Morgan fingerprint density at radius 2 is 2.38 bits per heavy atom. The van der Waals surface area contributed by atoms with Gasteiger partial charge in [-0.1, -0.05) is 23.7 Å². The number of Topliss-reactive ketones (excluding diaryl/α,β-unsaturated/α-hetero) is 1. The van der Waals surface area contributed by atoms with E-state index in [0.717, 1.165) is 5.56 Å². The van der Waals surface area contributed by atoms with Gasteiger partial charge in [0.1, 0.15) is 0 Å². The summed E-state index contributed by atoms with van der Waals surface area (Å²) in [6, 6.07) is 5.24. The maximum Gasteiger partial charge on any atom is 0.169 e. The van der Waals surface area contributed by atoms with Gasteiger partial charge < -0.3 is 5.11 Å². The van der Waals surface area contributed by atoms with Crippen LogP contribution in [0.25, 0.3) is 0 Å². The number of aliphatic hydroxyl groups is 1. The summed E-state index contributed by atoms with van der Waals surface area (Å²) < 4.78 is 0. The van der Waals surface area contributed by atoms with Gasteiger partial charge in [-0.15, -0.1) is 12.3 Å². The fourth-order valence-electron chi connectivity index (χ4n) is 2.08. The van der Waals surface area contributed by atoms with E-state index < -0.39 is 12.0 Å². The van der Waals surface area contributed by atoms with Gasteiger partial charge in [0.15, 0.2) is 5.78 Å². The van der Waals surface area contributed by atoms with Gasteiger partial charge in [0.25, 0.3) is 0 Å². The minimum atomic E-state index is -0.777. The highest BCUT2D eigenvalue weighted by atomic mass is 35.5. The molecular weight excluding hydrogens is 224 g/mol. The van der Waals surface area contributed by atoms with Crippen LogP contribution in [0.1, 0.15) is 22.3 Å². The predicted octanol–water partition coefficient (Wildman–Crippen LogP) is 2.08. The molecule has 1 aliphatic rings. The Morgan fingerprint density at radius 3 is 3.00 bits per heavy atom. The van der Waals surface area contributed by atoms with Crippen molar-refractivity contribution in [3.8, 4) is 12.3 Å². The van der Waals surface area contributed by atoms with Gasteiger partial charge >= 0.3 is 0 Å². The minimum absolute atomic E-state index is 0.0553. The summed E-state index contributed by atoms with van der Waals surface area (Å²) in [4.78, 5) is 12.0. The lowest BCUT2D eigenvalue weighted by atomic mass is 9.96. The van der Waals surface area contributed by atoms with Crippen LogP contribution < -0.4 is 0 Å². The lowest BCUT2D eigenvalue weighted by Gasteiger charge is -2.13. The number of fused-ring (bicyclic) bond motifs is 1. The molecule has 2 nitrogen and oxygen atoms in total. The monoisotopic (exact) mass is 234 g/mol. The Bertz CT molecular complexity index is 473. The molecule has 0 radical (unpaired) electrons. The third kappa shape index (κ3) is 1.73. The molecule has 0 saturated heterocycles. The van der Waals surface area contributed by atoms with E-state index in [1.54, 1.807) is 18.2 Å². The minimum Gasteiger partial charge on any atom is -0.391 e. The zero-order chi connectivity index (χ0) is 11.7. The summed E-state index contributed by atoms with van der Waals surface area (Å²) in [5.74, 6) is 1.88. The number of hydrogen-bond acceptors (Lipinski definition) is 2. The summed E-state index contributed by atoms with van der Waals surface area (Å²) in [5.41, 5.74) is 1.45. The SMILES string of the molecule is C#CCC(O)C1Cc2c(Cl)cccc2C1=O. The van der Waals surface area contributed by atoms with Crippen molar-refractivity contribution >= 4 is 17.4 Å². The van der Waals surface area contributed by atoms with Crippen LogP contribution in [0.5, 0.6) is 0 Å². The molecule has 16 heavy (non-hydrogen) atoms. The van der Waals surface area contributed by atoms with Crippen molar-refractivity contribution in [1.82, 2.24) is 0 Å². The first-order valence-corrected chi connectivity index (χ1v) is 5.46. The largest absolute Gasteiger partial charge is 0.391 e. The number of ketones is 1. The Balaban J connectivity index is 2.31. The molecule has 0 spiro atoms. The first kappa shape index (κ1) is 11.2. The zero-order valence-electron chi connectivity index (χ0n) is 8.61. The standard InChI is InChI=1S/C13H11ClO2/c1-2-4-12(15)10-7-9-8(13(10)16)5-3-6-11(9)14/h1,3,5-6,10,12,15H,4,7H2. The molecule has 1 aliphatic carbocycles. The lowest BCUT2D eigenvalue weighted by Crippen LogP contribution is -2.25. The second kappa shape index (κ2) is 4.29. The molecule has 0 aromatic heterocycles. The molecule has 0 aliphatic heterocycles. The van der Waals surface area contributed by atoms with Crippen molar-refractivity contribution in [3.63, 3.8) is 0 Å². The number of rotatable bonds is 2. The third-order valence-corrected chi connectivity index (χ3v) is 3.29. The average molecular weight is 235 g/mol. The highest BCUT2D eigenvalue weighted by Crippen LogP contribution is 2.34. The summed E-state index contributed by atoms with van der Waals surface area (Å²) in [5, 5.41) is 10.4. The van der Waals surface area contributed by atoms with Crippen LogP contribution in [-0.2, 0) is 6.42 Å². The summed E-state index contributed by atoms with van der Waals surface area (Å²) in [6.45, 7) is 0. The van der Waals surface area contributed by atoms with E-state index >= 15 is 0 Å². The average Bonchev–Trinajstić information content (AvgIpc) is 2.59. The number of benzene rings is 1. The van der Waals surface area contributed by atoms with Crippen molar-refractivity contribution in [3.05, 3.63) is 34.3 Å². The smallest absolute Gasteiger partial charge is 0.169 e. The molecule has 0 heterocycles. The quantitative estimate of drug-likeness (QED) is 0.796. The number of aliphatic hydroxyl groups excluding tert-OH is 1. The van der Waals surface area contributed by atoms with Gasteiger partial charge in [0, 0.05) is 17.0 Å². The van der Waals surface area contributed by atoms with Crippen molar-refractivity contribution in [1.29, 1.82) is 0 Å². The number of carbonyl (C=O) groups is 1. The van der Waals surface area contributed by atoms with Gasteiger partial charge in [0.05, 0.1) is 12.0 Å². The maximum atomic E-state index is 12.0. The van der Waals surface area contributed by atoms with Gasteiger partial charge in [-0.25, -0.2) is 0 Å². The van der Waals surface area contributed by atoms with Crippen LogP contribution in [0, 0.1) is 18.3 Å². The highest BCUT2D eigenvalue weighted by molar-refractivity contribution is 6.32.